The van der Waals surface area contributed by atoms with Crippen molar-refractivity contribution in [1.82, 2.24) is 5.32 Å². The lowest BCUT2D eigenvalue weighted by molar-refractivity contribution is -0.121. The van der Waals surface area contributed by atoms with Crippen molar-refractivity contribution in [2.75, 3.05) is 0 Å². The van der Waals surface area contributed by atoms with Gasteiger partial charge in [-0.2, -0.15) is 0 Å². The zero-order valence-electron chi connectivity index (χ0n) is 12.1. The van der Waals surface area contributed by atoms with Crippen LogP contribution in [-0.4, -0.2) is 5.91 Å². The second-order valence-electron chi connectivity index (χ2n) is 5.01. The van der Waals surface area contributed by atoms with Gasteiger partial charge in [0, 0.05) is 6.42 Å². The van der Waals surface area contributed by atoms with Crippen molar-refractivity contribution < 1.29 is 13.6 Å². The largest absolute Gasteiger partial charge is 0.461 e. The van der Waals surface area contributed by atoms with Crippen molar-refractivity contribution in [3.63, 3.8) is 0 Å². The third-order valence-electron chi connectivity index (χ3n) is 3.37. The third-order valence-corrected chi connectivity index (χ3v) is 3.37. The zero-order chi connectivity index (χ0) is 15.2. The second-order valence-corrected chi connectivity index (χ2v) is 5.01. The predicted octanol–water partition coefficient (Wildman–Crippen LogP) is 3.79. The van der Waals surface area contributed by atoms with E-state index in [0.717, 1.165) is 12.0 Å². The number of hydrogen-bond acceptors (Lipinski definition) is 3. The summed E-state index contributed by atoms with van der Waals surface area (Å²) in [5.74, 6) is 2.07. The molecule has 0 saturated heterocycles. The second kappa shape index (κ2) is 6.80. The van der Waals surface area contributed by atoms with Crippen LogP contribution in [0.1, 0.15) is 17.7 Å². The molecule has 0 aliphatic heterocycles. The molecule has 0 bridgehead atoms. The first-order valence-electron chi connectivity index (χ1n) is 7.24. The number of carbonyl (C=O) groups is 1. The molecule has 1 N–H and O–H groups in total. The van der Waals surface area contributed by atoms with Crippen LogP contribution in [0.5, 0.6) is 0 Å². The Labute approximate surface area is 128 Å². The maximum Gasteiger partial charge on any atom is 0.220 e. The van der Waals surface area contributed by atoms with Crippen molar-refractivity contribution in [3.8, 4) is 11.5 Å². The topological polar surface area (TPSA) is 55.4 Å². The summed E-state index contributed by atoms with van der Waals surface area (Å²) < 4.78 is 10.9. The van der Waals surface area contributed by atoms with Crippen LogP contribution in [0.4, 0.5) is 0 Å². The molecular weight excluding hydrogens is 278 g/mol. The van der Waals surface area contributed by atoms with Crippen molar-refractivity contribution in [1.29, 1.82) is 0 Å². The number of amides is 1. The summed E-state index contributed by atoms with van der Waals surface area (Å²) in [4.78, 5) is 11.9. The maximum atomic E-state index is 11.9. The first-order valence-corrected chi connectivity index (χ1v) is 7.24. The van der Waals surface area contributed by atoms with Crippen LogP contribution in [0, 0.1) is 0 Å². The molecule has 0 unspecified atom stereocenters. The number of hydrogen-bond donors (Lipinski definition) is 1. The van der Waals surface area contributed by atoms with E-state index in [1.807, 2.05) is 54.6 Å². The molecule has 3 aromatic rings. The molecule has 3 rings (SSSR count). The molecule has 2 heterocycles. The molecule has 1 amide bonds. The summed E-state index contributed by atoms with van der Waals surface area (Å²) in [6.45, 7) is 0.383. The molecule has 0 saturated carbocycles. The summed E-state index contributed by atoms with van der Waals surface area (Å²) in [7, 11) is 0. The normalized spacial score (nSPS) is 10.5. The highest BCUT2D eigenvalue weighted by atomic mass is 16.4. The molecule has 4 nitrogen and oxygen atoms in total. The average Bonchev–Trinajstić information content (AvgIpc) is 3.22. The van der Waals surface area contributed by atoms with Gasteiger partial charge in [-0.25, -0.2) is 0 Å². The lowest BCUT2D eigenvalue weighted by Gasteiger charge is -2.03. The number of benzene rings is 1. The highest BCUT2D eigenvalue weighted by Crippen LogP contribution is 2.22. The summed E-state index contributed by atoms with van der Waals surface area (Å²) in [6.07, 6.45) is 2.81. The van der Waals surface area contributed by atoms with Crippen molar-refractivity contribution >= 4 is 5.91 Å². The first-order chi connectivity index (χ1) is 10.8. The molecule has 112 valence electrons. The smallest absolute Gasteiger partial charge is 0.220 e. The Balaban J connectivity index is 1.47. The van der Waals surface area contributed by atoms with E-state index in [2.05, 4.69) is 5.32 Å². The van der Waals surface area contributed by atoms with Gasteiger partial charge in [-0.15, -0.1) is 0 Å². The molecule has 0 aliphatic carbocycles. The maximum absolute atomic E-state index is 11.9. The summed E-state index contributed by atoms with van der Waals surface area (Å²) in [5, 5.41) is 2.86. The molecule has 1 aromatic carbocycles. The fourth-order valence-corrected chi connectivity index (χ4v) is 2.20. The monoisotopic (exact) mass is 295 g/mol. The van der Waals surface area contributed by atoms with Gasteiger partial charge in [0.2, 0.25) is 5.91 Å². The Morgan fingerprint density at radius 2 is 1.82 bits per heavy atom. The Morgan fingerprint density at radius 3 is 2.59 bits per heavy atom. The molecule has 0 fully saturated rings. The fraction of sp³-hybridized carbons (Fsp3) is 0.167. The van der Waals surface area contributed by atoms with Gasteiger partial charge in [0.05, 0.1) is 12.8 Å². The number of nitrogens with one attached hydrogen (secondary N) is 1. The molecule has 0 aliphatic rings. The highest BCUT2D eigenvalue weighted by molar-refractivity contribution is 5.76. The Morgan fingerprint density at radius 1 is 0.955 bits per heavy atom. The number of aryl methyl sites for hydroxylation is 1. The third kappa shape index (κ3) is 3.67. The lowest BCUT2D eigenvalue weighted by atomic mass is 10.1. The summed E-state index contributed by atoms with van der Waals surface area (Å²) >= 11 is 0. The van der Waals surface area contributed by atoms with Crippen molar-refractivity contribution in [2.45, 2.75) is 19.4 Å². The van der Waals surface area contributed by atoms with Crippen molar-refractivity contribution in [2.24, 2.45) is 0 Å². The fourth-order valence-electron chi connectivity index (χ4n) is 2.20. The van der Waals surface area contributed by atoms with Crippen LogP contribution in [0.3, 0.4) is 0 Å². The first kappa shape index (κ1) is 14.2. The van der Waals surface area contributed by atoms with E-state index in [1.54, 1.807) is 6.26 Å². The van der Waals surface area contributed by atoms with E-state index in [9.17, 15) is 4.79 Å². The van der Waals surface area contributed by atoms with Crippen molar-refractivity contribution in [3.05, 3.63) is 72.2 Å². The van der Waals surface area contributed by atoms with Crippen LogP contribution >= 0.6 is 0 Å². The zero-order valence-corrected chi connectivity index (χ0v) is 12.1. The summed E-state index contributed by atoms with van der Waals surface area (Å²) in [6, 6.07) is 17.3. The van der Waals surface area contributed by atoms with Gasteiger partial charge in [-0.1, -0.05) is 30.3 Å². The Bertz CT molecular complexity index is 714. The Kier molecular flexibility index (Phi) is 4.39. The van der Waals surface area contributed by atoms with E-state index in [1.165, 1.54) is 0 Å². The van der Waals surface area contributed by atoms with E-state index >= 15 is 0 Å². The van der Waals surface area contributed by atoms with Gasteiger partial charge in [-0.05, 0) is 36.2 Å². The number of carbonyl (C=O) groups excluding carboxylic acids is 1. The van der Waals surface area contributed by atoms with E-state index in [4.69, 9.17) is 8.83 Å². The standard InChI is InChI=1S/C18H17NO3/c20-18(11-8-14-5-2-1-3-6-14)19-13-15-9-10-17(22-15)16-7-4-12-21-16/h1-7,9-10,12H,8,11,13H2,(H,19,20). The highest BCUT2D eigenvalue weighted by Gasteiger charge is 2.08. The van der Waals surface area contributed by atoms with Gasteiger partial charge < -0.3 is 14.2 Å². The average molecular weight is 295 g/mol. The molecule has 2 aromatic heterocycles. The van der Waals surface area contributed by atoms with Crippen LogP contribution in [0.15, 0.2) is 69.7 Å². The minimum absolute atomic E-state index is 0.0137. The van der Waals surface area contributed by atoms with E-state index in [-0.39, 0.29) is 5.91 Å². The minimum atomic E-state index is 0.0137. The lowest BCUT2D eigenvalue weighted by Crippen LogP contribution is -2.22. The Hall–Kier alpha value is -2.75. The van der Waals surface area contributed by atoms with Gasteiger partial charge in [0.25, 0.3) is 0 Å². The van der Waals surface area contributed by atoms with Crippen LogP contribution in [0.2, 0.25) is 0 Å². The minimum Gasteiger partial charge on any atom is -0.461 e. The molecule has 0 atom stereocenters. The predicted molar refractivity (Wildman–Crippen MR) is 83.0 cm³/mol. The van der Waals surface area contributed by atoms with Gasteiger partial charge in [0.1, 0.15) is 5.76 Å². The van der Waals surface area contributed by atoms with Crippen LogP contribution in [0.25, 0.3) is 11.5 Å². The SMILES string of the molecule is O=C(CCc1ccccc1)NCc1ccc(-c2ccco2)o1. The van der Waals surface area contributed by atoms with Crippen LogP contribution in [-0.2, 0) is 17.8 Å². The number of furan rings is 2. The van der Waals surface area contributed by atoms with E-state index < -0.39 is 0 Å². The molecule has 22 heavy (non-hydrogen) atoms. The summed E-state index contributed by atoms with van der Waals surface area (Å²) in [5.41, 5.74) is 1.16. The van der Waals surface area contributed by atoms with Gasteiger partial charge >= 0.3 is 0 Å². The van der Waals surface area contributed by atoms with Gasteiger partial charge in [0.15, 0.2) is 11.5 Å². The molecule has 0 radical (unpaired) electrons. The quantitative estimate of drug-likeness (QED) is 0.752. The van der Waals surface area contributed by atoms with Crippen LogP contribution < -0.4 is 5.32 Å². The molecule has 0 spiro atoms. The molecule has 4 heteroatoms. The van der Waals surface area contributed by atoms with E-state index in [0.29, 0.717) is 30.2 Å². The molecular formula is C18H17NO3. The van der Waals surface area contributed by atoms with Gasteiger partial charge in [-0.3, -0.25) is 4.79 Å². The number of rotatable bonds is 6.